The van der Waals surface area contributed by atoms with E-state index in [0.717, 1.165) is 18.4 Å². The van der Waals surface area contributed by atoms with Crippen LogP contribution in [0.1, 0.15) is 29.5 Å². The van der Waals surface area contributed by atoms with Gasteiger partial charge in [-0.25, -0.2) is 0 Å². The number of nitrogens with one attached hydrogen (secondary N) is 1. The van der Waals surface area contributed by atoms with E-state index in [0.29, 0.717) is 21.9 Å². The normalized spacial score (nSPS) is 14.5. The summed E-state index contributed by atoms with van der Waals surface area (Å²) >= 11 is 7.10. The number of halogens is 1. The monoisotopic (exact) mass is 415 g/mol. The van der Waals surface area contributed by atoms with E-state index in [-0.39, 0.29) is 18.6 Å². The van der Waals surface area contributed by atoms with Crippen LogP contribution in [0.25, 0.3) is 0 Å². The van der Waals surface area contributed by atoms with Crippen molar-refractivity contribution in [3.63, 3.8) is 0 Å². The van der Waals surface area contributed by atoms with E-state index in [1.807, 2.05) is 30.3 Å². The minimum atomic E-state index is -0.452. The molecule has 1 heterocycles. The van der Waals surface area contributed by atoms with Crippen molar-refractivity contribution in [1.29, 1.82) is 0 Å². The van der Waals surface area contributed by atoms with Crippen LogP contribution >= 0.6 is 23.4 Å². The standard InChI is InChI=1S/C20H18ClN3O3S/c21-14-6-10-16(11-7-14)26-12-17-23-24-20(27-17)28-18(13-4-2-1-3-5-13)19(25)22-15-8-9-15/h1-7,10-11,15,18H,8-9,12H2,(H,22,25)/t18-/m0/s1. The highest BCUT2D eigenvalue weighted by Crippen LogP contribution is 2.35. The number of hydrogen-bond acceptors (Lipinski definition) is 6. The van der Waals surface area contributed by atoms with E-state index in [1.165, 1.54) is 11.8 Å². The Balaban J connectivity index is 1.42. The number of nitrogens with zero attached hydrogens (tertiary/aromatic N) is 2. The van der Waals surface area contributed by atoms with Crippen LogP contribution in [0.3, 0.4) is 0 Å². The maximum atomic E-state index is 12.7. The molecule has 2 aromatic carbocycles. The van der Waals surface area contributed by atoms with Gasteiger partial charge < -0.3 is 14.5 Å². The number of hydrogen-bond donors (Lipinski definition) is 1. The number of carbonyl (C=O) groups is 1. The molecule has 1 amide bonds. The topological polar surface area (TPSA) is 77.2 Å². The van der Waals surface area contributed by atoms with Gasteiger partial charge in [0.25, 0.3) is 11.1 Å². The highest BCUT2D eigenvalue weighted by atomic mass is 35.5. The van der Waals surface area contributed by atoms with Crippen LogP contribution in [0.5, 0.6) is 5.75 Å². The molecular formula is C20H18ClN3O3S. The fraction of sp³-hybridized carbons (Fsp3) is 0.250. The van der Waals surface area contributed by atoms with Crippen LogP contribution in [0.15, 0.2) is 64.2 Å². The van der Waals surface area contributed by atoms with Gasteiger partial charge in [-0.15, -0.1) is 10.2 Å². The van der Waals surface area contributed by atoms with E-state index >= 15 is 0 Å². The van der Waals surface area contributed by atoms with Crippen molar-refractivity contribution in [2.24, 2.45) is 0 Å². The van der Waals surface area contributed by atoms with Crippen molar-refractivity contribution in [3.8, 4) is 5.75 Å². The Labute approximate surface area is 171 Å². The molecule has 1 saturated carbocycles. The predicted molar refractivity (Wildman–Crippen MR) is 106 cm³/mol. The van der Waals surface area contributed by atoms with Gasteiger partial charge in [-0.05, 0) is 54.4 Å². The highest BCUT2D eigenvalue weighted by molar-refractivity contribution is 8.00. The third kappa shape index (κ3) is 5.05. The molecule has 6 nitrogen and oxygen atoms in total. The van der Waals surface area contributed by atoms with Gasteiger partial charge in [0.15, 0.2) is 6.61 Å². The molecule has 1 fully saturated rings. The lowest BCUT2D eigenvalue weighted by Crippen LogP contribution is -2.29. The van der Waals surface area contributed by atoms with Crippen LogP contribution in [0, 0.1) is 0 Å². The van der Waals surface area contributed by atoms with Gasteiger partial charge in [-0.1, -0.05) is 41.9 Å². The van der Waals surface area contributed by atoms with Gasteiger partial charge in [-0.2, -0.15) is 0 Å². The molecule has 0 saturated heterocycles. The van der Waals surface area contributed by atoms with Gasteiger partial charge in [-0.3, -0.25) is 4.79 Å². The van der Waals surface area contributed by atoms with E-state index in [4.69, 9.17) is 20.8 Å². The molecular weight excluding hydrogens is 398 g/mol. The van der Waals surface area contributed by atoms with Crippen LogP contribution in [-0.2, 0) is 11.4 Å². The Morgan fingerprint density at radius 1 is 1.18 bits per heavy atom. The highest BCUT2D eigenvalue weighted by Gasteiger charge is 2.30. The molecule has 0 aliphatic heterocycles. The van der Waals surface area contributed by atoms with Crippen molar-refractivity contribution >= 4 is 29.3 Å². The molecule has 144 valence electrons. The minimum Gasteiger partial charge on any atom is -0.484 e. The van der Waals surface area contributed by atoms with Crippen molar-refractivity contribution in [2.75, 3.05) is 0 Å². The van der Waals surface area contributed by atoms with Crippen molar-refractivity contribution in [1.82, 2.24) is 15.5 Å². The second-order valence-corrected chi connectivity index (χ2v) is 7.89. The minimum absolute atomic E-state index is 0.0455. The summed E-state index contributed by atoms with van der Waals surface area (Å²) in [6.45, 7) is 0.138. The van der Waals surface area contributed by atoms with Crippen LogP contribution in [-0.4, -0.2) is 22.1 Å². The number of carbonyl (C=O) groups excluding carboxylic acids is 1. The van der Waals surface area contributed by atoms with Crippen LogP contribution in [0.2, 0.25) is 5.02 Å². The molecule has 1 atom stereocenters. The number of aromatic nitrogens is 2. The SMILES string of the molecule is O=C(NC1CC1)[C@@H](Sc1nnc(COc2ccc(Cl)cc2)o1)c1ccccc1. The first-order chi connectivity index (χ1) is 13.7. The van der Waals surface area contributed by atoms with Gasteiger partial charge in [0.1, 0.15) is 11.0 Å². The van der Waals surface area contributed by atoms with Crippen molar-refractivity contribution in [3.05, 3.63) is 71.1 Å². The quantitative estimate of drug-likeness (QED) is 0.549. The molecule has 1 aliphatic carbocycles. The van der Waals surface area contributed by atoms with Gasteiger partial charge in [0, 0.05) is 11.1 Å². The Bertz CT molecular complexity index is 929. The molecule has 28 heavy (non-hydrogen) atoms. The summed E-state index contributed by atoms with van der Waals surface area (Å²) in [5.41, 5.74) is 0.891. The summed E-state index contributed by atoms with van der Waals surface area (Å²) in [6.07, 6.45) is 2.06. The maximum absolute atomic E-state index is 12.7. The first-order valence-corrected chi connectivity index (χ1v) is 10.2. The predicted octanol–water partition coefficient (Wildman–Crippen LogP) is 4.41. The fourth-order valence-electron chi connectivity index (χ4n) is 2.53. The number of ether oxygens (including phenoxy) is 1. The lowest BCUT2D eigenvalue weighted by molar-refractivity contribution is -0.120. The third-order valence-corrected chi connectivity index (χ3v) is 5.45. The molecule has 8 heteroatoms. The van der Waals surface area contributed by atoms with Crippen molar-refractivity contribution in [2.45, 2.75) is 36.0 Å². The summed E-state index contributed by atoms with van der Waals surface area (Å²) in [5, 5.41) is 11.6. The van der Waals surface area contributed by atoms with Gasteiger partial charge >= 0.3 is 0 Å². The summed E-state index contributed by atoms with van der Waals surface area (Å²) in [4.78, 5) is 12.7. The second-order valence-electron chi connectivity index (χ2n) is 6.40. The van der Waals surface area contributed by atoms with E-state index in [1.54, 1.807) is 24.3 Å². The van der Waals surface area contributed by atoms with Crippen LogP contribution in [0.4, 0.5) is 0 Å². The first kappa shape index (κ1) is 18.8. The third-order valence-electron chi connectivity index (χ3n) is 4.11. The van der Waals surface area contributed by atoms with Crippen LogP contribution < -0.4 is 10.1 Å². The van der Waals surface area contributed by atoms with E-state index in [9.17, 15) is 4.79 Å². The Morgan fingerprint density at radius 3 is 2.64 bits per heavy atom. The Hall–Kier alpha value is -2.51. The zero-order valence-electron chi connectivity index (χ0n) is 14.9. The maximum Gasteiger partial charge on any atom is 0.277 e. The van der Waals surface area contributed by atoms with E-state index < -0.39 is 5.25 Å². The lowest BCUT2D eigenvalue weighted by atomic mass is 10.1. The number of rotatable bonds is 8. The summed E-state index contributed by atoms with van der Waals surface area (Å²) in [7, 11) is 0. The Kier molecular flexibility index (Phi) is 5.83. The number of amides is 1. The summed E-state index contributed by atoms with van der Waals surface area (Å²) < 4.78 is 11.3. The van der Waals surface area contributed by atoms with E-state index in [2.05, 4.69) is 15.5 Å². The Morgan fingerprint density at radius 2 is 1.93 bits per heavy atom. The molecule has 1 aromatic heterocycles. The number of thioether (sulfide) groups is 1. The van der Waals surface area contributed by atoms with Crippen molar-refractivity contribution < 1.29 is 13.9 Å². The molecule has 1 aliphatic rings. The smallest absolute Gasteiger partial charge is 0.277 e. The second kappa shape index (κ2) is 8.67. The van der Waals surface area contributed by atoms with Gasteiger partial charge in [0.2, 0.25) is 5.91 Å². The fourth-order valence-corrected chi connectivity index (χ4v) is 3.55. The van der Waals surface area contributed by atoms with Gasteiger partial charge in [0.05, 0.1) is 0 Å². The molecule has 0 bridgehead atoms. The summed E-state index contributed by atoms with van der Waals surface area (Å²) in [5.74, 6) is 0.950. The average Bonchev–Trinajstić information content (AvgIpc) is 3.41. The lowest BCUT2D eigenvalue weighted by Gasteiger charge is -2.14. The molecule has 0 radical (unpaired) electrons. The first-order valence-electron chi connectivity index (χ1n) is 8.90. The summed E-state index contributed by atoms with van der Waals surface area (Å²) in [6, 6.07) is 16.9. The molecule has 3 aromatic rings. The molecule has 0 spiro atoms. The molecule has 4 rings (SSSR count). The zero-order valence-corrected chi connectivity index (χ0v) is 16.4. The molecule has 1 N–H and O–H groups in total. The largest absolute Gasteiger partial charge is 0.484 e. The average molecular weight is 416 g/mol. The number of benzene rings is 2. The zero-order chi connectivity index (χ0) is 19.3. The molecule has 0 unspecified atom stereocenters.